The SMILES string of the molecule is CC1=CC(C)(C)Nc2ccc3c(c21)[C@H](c1ncccc1Br)Oc1ccccc1-3. The van der Waals surface area contributed by atoms with Gasteiger partial charge in [-0.1, -0.05) is 30.3 Å². The molecule has 0 spiro atoms. The molecule has 1 atom stereocenters. The standard InChI is InChI=1S/C24H21BrN2O/c1-14-13-24(2,3)27-18-11-10-16-15-7-4-5-9-19(15)28-23(21(16)20(14)18)22-17(25)8-6-12-26-22/h4-13,23,27H,1-3H3/t23-/m1/s1. The van der Waals surface area contributed by atoms with Gasteiger partial charge in [-0.05, 0) is 72.1 Å². The van der Waals surface area contributed by atoms with E-state index < -0.39 is 0 Å². The summed E-state index contributed by atoms with van der Waals surface area (Å²) in [6.45, 7) is 6.57. The van der Waals surface area contributed by atoms with E-state index in [1.54, 1.807) is 0 Å². The number of aromatic nitrogens is 1. The van der Waals surface area contributed by atoms with E-state index in [1.165, 1.54) is 22.3 Å². The summed E-state index contributed by atoms with van der Waals surface area (Å²) in [4.78, 5) is 4.66. The molecule has 0 amide bonds. The molecule has 0 fully saturated rings. The van der Waals surface area contributed by atoms with Crippen molar-refractivity contribution in [1.82, 2.24) is 4.98 Å². The van der Waals surface area contributed by atoms with Gasteiger partial charge in [-0.3, -0.25) is 4.98 Å². The summed E-state index contributed by atoms with van der Waals surface area (Å²) in [7, 11) is 0. The third-order valence-electron chi connectivity index (χ3n) is 5.39. The monoisotopic (exact) mass is 432 g/mol. The molecule has 0 aliphatic carbocycles. The van der Waals surface area contributed by atoms with Gasteiger partial charge < -0.3 is 10.1 Å². The first-order chi connectivity index (χ1) is 13.4. The van der Waals surface area contributed by atoms with E-state index in [1.807, 2.05) is 30.5 Å². The van der Waals surface area contributed by atoms with Gasteiger partial charge >= 0.3 is 0 Å². The highest BCUT2D eigenvalue weighted by molar-refractivity contribution is 9.10. The molecule has 2 aliphatic heterocycles. The lowest BCUT2D eigenvalue weighted by atomic mass is 9.81. The van der Waals surface area contributed by atoms with Crippen LogP contribution in [0.4, 0.5) is 5.69 Å². The molecule has 1 N–H and O–H groups in total. The van der Waals surface area contributed by atoms with Crippen LogP contribution in [-0.4, -0.2) is 10.5 Å². The number of benzene rings is 2. The Morgan fingerprint density at radius 3 is 2.68 bits per heavy atom. The summed E-state index contributed by atoms with van der Waals surface area (Å²) in [6.07, 6.45) is 3.84. The highest BCUT2D eigenvalue weighted by Crippen LogP contribution is 2.50. The van der Waals surface area contributed by atoms with Crippen molar-refractivity contribution in [3.05, 3.63) is 82.1 Å². The molecule has 5 rings (SSSR count). The molecular weight excluding hydrogens is 412 g/mol. The Labute approximate surface area is 173 Å². The summed E-state index contributed by atoms with van der Waals surface area (Å²) in [5.41, 5.74) is 7.93. The fourth-order valence-corrected chi connectivity index (χ4v) is 4.88. The lowest BCUT2D eigenvalue weighted by Crippen LogP contribution is -2.32. The number of ether oxygens (including phenoxy) is 1. The van der Waals surface area contributed by atoms with Crippen LogP contribution in [0.15, 0.2) is 65.3 Å². The number of nitrogens with zero attached hydrogens (tertiary/aromatic N) is 1. The van der Waals surface area contributed by atoms with Gasteiger partial charge in [-0.25, -0.2) is 0 Å². The highest BCUT2D eigenvalue weighted by Gasteiger charge is 2.35. The third kappa shape index (κ3) is 2.67. The lowest BCUT2D eigenvalue weighted by molar-refractivity contribution is 0.237. The molecule has 3 heterocycles. The van der Waals surface area contributed by atoms with Crippen LogP contribution in [0, 0.1) is 0 Å². The number of fused-ring (bicyclic) bond motifs is 5. The second-order valence-corrected chi connectivity index (χ2v) is 8.84. The average molecular weight is 433 g/mol. The summed E-state index contributed by atoms with van der Waals surface area (Å²) in [6, 6.07) is 16.6. The number of rotatable bonds is 1. The predicted octanol–water partition coefficient (Wildman–Crippen LogP) is 6.60. The number of anilines is 1. The smallest absolute Gasteiger partial charge is 0.168 e. The van der Waals surface area contributed by atoms with Crippen LogP contribution in [-0.2, 0) is 0 Å². The first kappa shape index (κ1) is 17.5. The number of halogens is 1. The zero-order valence-corrected chi connectivity index (χ0v) is 17.7. The van der Waals surface area contributed by atoms with E-state index in [0.29, 0.717) is 0 Å². The van der Waals surface area contributed by atoms with Gasteiger partial charge in [0.2, 0.25) is 0 Å². The molecule has 0 saturated carbocycles. The molecule has 0 saturated heterocycles. The normalized spacial score (nSPS) is 18.7. The molecule has 140 valence electrons. The summed E-state index contributed by atoms with van der Waals surface area (Å²) in [5, 5.41) is 3.66. The molecule has 28 heavy (non-hydrogen) atoms. The van der Waals surface area contributed by atoms with E-state index in [9.17, 15) is 0 Å². The van der Waals surface area contributed by atoms with Crippen molar-refractivity contribution in [2.75, 3.05) is 5.32 Å². The minimum atomic E-state index is -0.276. The van der Waals surface area contributed by atoms with Crippen molar-refractivity contribution in [3.8, 4) is 16.9 Å². The Morgan fingerprint density at radius 1 is 1.04 bits per heavy atom. The number of pyridine rings is 1. The number of hydrogen-bond acceptors (Lipinski definition) is 3. The zero-order valence-electron chi connectivity index (χ0n) is 16.1. The number of para-hydroxylation sites is 1. The quantitative estimate of drug-likeness (QED) is 0.470. The fraction of sp³-hybridized carbons (Fsp3) is 0.208. The van der Waals surface area contributed by atoms with Crippen LogP contribution >= 0.6 is 15.9 Å². The summed E-state index contributed by atoms with van der Waals surface area (Å²) >= 11 is 3.68. The van der Waals surface area contributed by atoms with E-state index in [2.05, 4.69) is 77.3 Å². The molecule has 0 bridgehead atoms. The zero-order chi connectivity index (χ0) is 19.5. The Morgan fingerprint density at radius 2 is 1.86 bits per heavy atom. The second kappa shape index (κ2) is 6.21. The first-order valence-corrected chi connectivity index (χ1v) is 10.3. The van der Waals surface area contributed by atoms with Crippen molar-refractivity contribution in [2.24, 2.45) is 0 Å². The van der Waals surface area contributed by atoms with Crippen molar-refractivity contribution in [2.45, 2.75) is 32.4 Å². The van der Waals surface area contributed by atoms with E-state index >= 15 is 0 Å². The van der Waals surface area contributed by atoms with Crippen LogP contribution < -0.4 is 10.1 Å². The van der Waals surface area contributed by atoms with Gasteiger partial charge in [0.15, 0.2) is 6.10 Å². The van der Waals surface area contributed by atoms with E-state index in [-0.39, 0.29) is 11.6 Å². The Kier molecular flexibility index (Phi) is 3.88. The Hall–Kier alpha value is -2.59. The largest absolute Gasteiger partial charge is 0.479 e. The molecule has 2 aliphatic rings. The maximum absolute atomic E-state index is 6.54. The van der Waals surface area contributed by atoms with Crippen molar-refractivity contribution in [1.29, 1.82) is 0 Å². The van der Waals surface area contributed by atoms with Crippen LogP contribution in [0.2, 0.25) is 0 Å². The van der Waals surface area contributed by atoms with E-state index in [0.717, 1.165) is 27.2 Å². The van der Waals surface area contributed by atoms with Crippen LogP contribution in [0.1, 0.15) is 43.7 Å². The van der Waals surface area contributed by atoms with Gasteiger partial charge in [0, 0.05) is 33.0 Å². The van der Waals surface area contributed by atoms with Gasteiger partial charge in [-0.2, -0.15) is 0 Å². The number of allylic oxidation sites excluding steroid dienone is 1. The minimum Gasteiger partial charge on any atom is -0.479 e. The molecule has 0 unspecified atom stereocenters. The highest BCUT2D eigenvalue weighted by atomic mass is 79.9. The lowest BCUT2D eigenvalue weighted by Gasteiger charge is -2.37. The molecule has 0 radical (unpaired) electrons. The van der Waals surface area contributed by atoms with Crippen molar-refractivity contribution in [3.63, 3.8) is 0 Å². The molecule has 3 aromatic rings. The topological polar surface area (TPSA) is 34.2 Å². The van der Waals surface area contributed by atoms with Gasteiger partial charge in [0.05, 0.1) is 11.2 Å². The van der Waals surface area contributed by atoms with Crippen molar-refractivity contribution < 1.29 is 4.74 Å². The Balaban J connectivity index is 1.83. The third-order valence-corrected chi connectivity index (χ3v) is 6.06. The van der Waals surface area contributed by atoms with Crippen LogP contribution in [0.5, 0.6) is 5.75 Å². The number of nitrogens with one attached hydrogen (secondary N) is 1. The molecule has 4 heteroatoms. The van der Waals surface area contributed by atoms with Gasteiger partial charge in [0.1, 0.15) is 5.75 Å². The summed E-state index contributed by atoms with van der Waals surface area (Å²) < 4.78 is 7.50. The minimum absolute atomic E-state index is 0.0835. The molecule has 2 aromatic carbocycles. The van der Waals surface area contributed by atoms with Gasteiger partial charge in [-0.15, -0.1) is 0 Å². The predicted molar refractivity (Wildman–Crippen MR) is 118 cm³/mol. The van der Waals surface area contributed by atoms with Crippen molar-refractivity contribution >= 4 is 27.2 Å². The number of hydrogen-bond donors (Lipinski definition) is 1. The molecular formula is C24H21BrN2O. The summed E-state index contributed by atoms with van der Waals surface area (Å²) in [5.74, 6) is 0.892. The van der Waals surface area contributed by atoms with Gasteiger partial charge in [0.25, 0.3) is 0 Å². The van der Waals surface area contributed by atoms with Crippen LogP contribution in [0.25, 0.3) is 16.7 Å². The Bertz CT molecular complexity index is 1130. The molecule has 3 nitrogen and oxygen atoms in total. The maximum Gasteiger partial charge on any atom is 0.168 e. The molecule has 1 aromatic heterocycles. The van der Waals surface area contributed by atoms with E-state index in [4.69, 9.17) is 4.74 Å². The second-order valence-electron chi connectivity index (χ2n) is 7.99. The van der Waals surface area contributed by atoms with Crippen LogP contribution in [0.3, 0.4) is 0 Å². The fourth-order valence-electron chi connectivity index (χ4n) is 4.41. The maximum atomic E-state index is 6.54. The first-order valence-electron chi connectivity index (χ1n) is 9.46. The average Bonchev–Trinajstić information content (AvgIpc) is 2.66.